The Balaban J connectivity index is 3.13. The second kappa shape index (κ2) is 4.33. The van der Waals surface area contributed by atoms with Crippen LogP contribution < -0.4 is 10.1 Å². The molecule has 0 aromatic heterocycles. The number of amides is 1. The van der Waals surface area contributed by atoms with Crippen molar-refractivity contribution in [2.24, 2.45) is 0 Å². The Kier molecular flexibility index (Phi) is 3.36. The third-order valence-electron chi connectivity index (χ3n) is 2.05. The molecule has 0 atom stereocenters. The van der Waals surface area contributed by atoms with Gasteiger partial charge in [0.25, 0.3) is 0 Å². The molecular formula is C10H12ClNO2. The lowest BCUT2D eigenvalue weighted by atomic mass is 10.1. The van der Waals surface area contributed by atoms with E-state index in [2.05, 4.69) is 5.32 Å². The van der Waals surface area contributed by atoms with Crippen LogP contribution in [0.5, 0.6) is 5.75 Å². The number of ether oxygens (including phenoxy) is 1. The molecule has 14 heavy (non-hydrogen) atoms. The Morgan fingerprint density at radius 3 is 2.43 bits per heavy atom. The lowest BCUT2D eigenvalue weighted by molar-refractivity contribution is 0.269. The molecule has 0 spiro atoms. The summed E-state index contributed by atoms with van der Waals surface area (Å²) in [4.78, 5) is 10.7. The number of carbonyl (C=O) groups excluding carboxylic acids is 1. The van der Waals surface area contributed by atoms with E-state index in [-0.39, 0.29) is 0 Å². The van der Waals surface area contributed by atoms with Gasteiger partial charge >= 0.3 is 5.37 Å². The molecule has 0 bridgehead atoms. The number of anilines is 1. The zero-order valence-corrected chi connectivity index (χ0v) is 9.11. The van der Waals surface area contributed by atoms with Crippen LogP contribution in [0.4, 0.5) is 10.5 Å². The molecule has 0 fully saturated rings. The van der Waals surface area contributed by atoms with E-state index in [1.54, 1.807) is 7.11 Å². The molecule has 1 amide bonds. The molecule has 0 aliphatic carbocycles. The van der Waals surface area contributed by atoms with Crippen molar-refractivity contribution in [1.29, 1.82) is 0 Å². The molecule has 0 unspecified atom stereocenters. The Bertz CT molecular complexity index is 363. The molecule has 0 saturated carbocycles. The first-order chi connectivity index (χ1) is 6.54. The second-order valence-corrected chi connectivity index (χ2v) is 3.38. The van der Waals surface area contributed by atoms with Crippen molar-refractivity contribution < 1.29 is 9.53 Å². The molecule has 1 aromatic carbocycles. The van der Waals surface area contributed by atoms with Crippen LogP contribution in [0.25, 0.3) is 0 Å². The van der Waals surface area contributed by atoms with Gasteiger partial charge in [-0.15, -0.1) is 0 Å². The fourth-order valence-electron chi connectivity index (χ4n) is 1.16. The molecule has 0 heterocycles. The quantitative estimate of drug-likeness (QED) is 0.606. The molecule has 1 aromatic rings. The number of aryl methyl sites for hydroxylation is 2. The van der Waals surface area contributed by atoms with Crippen molar-refractivity contribution in [1.82, 2.24) is 0 Å². The van der Waals surface area contributed by atoms with Crippen LogP contribution >= 0.6 is 11.6 Å². The van der Waals surface area contributed by atoms with Gasteiger partial charge in [-0.3, -0.25) is 4.79 Å². The summed E-state index contributed by atoms with van der Waals surface area (Å²) in [6, 6.07) is 3.69. The maximum absolute atomic E-state index is 10.7. The average Bonchev–Trinajstić information content (AvgIpc) is 2.10. The van der Waals surface area contributed by atoms with E-state index in [9.17, 15) is 4.79 Å². The molecule has 0 aliphatic rings. The standard InChI is InChI=1S/C10H12ClNO2/c1-6-4-8(12-10(11)13)9(14-3)5-7(6)2/h4-5H,1-3H3,(H,12,13). The van der Waals surface area contributed by atoms with Crippen molar-refractivity contribution >= 4 is 22.7 Å². The van der Waals surface area contributed by atoms with Gasteiger partial charge in [0.05, 0.1) is 12.8 Å². The van der Waals surface area contributed by atoms with Crippen molar-refractivity contribution in [3.05, 3.63) is 23.3 Å². The minimum atomic E-state index is -0.619. The maximum Gasteiger partial charge on any atom is 0.318 e. The first kappa shape index (κ1) is 10.9. The highest BCUT2D eigenvalue weighted by Crippen LogP contribution is 2.28. The summed E-state index contributed by atoms with van der Waals surface area (Å²) in [5.74, 6) is 0.613. The Labute approximate surface area is 88.0 Å². The van der Waals surface area contributed by atoms with E-state index < -0.39 is 5.37 Å². The number of carbonyl (C=O) groups is 1. The SMILES string of the molecule is COc1cc(C)c(C)cc1NC(=O)Cl. The van der Waals surface area contributed by atoms with E-state index in [1.807, 2.05) is 26.0 Å². The summed E-state index contributed by atoms with van der Waals surface area (Å²) in [7, 11) is 1.55. The van der Waals surface area contributed by atoms with Crippen molar-refractivity contribution in [2.45, 2.75) is 13.8 Å². The molecule has 76 valence electrons. The van der Waals surface area contributed by atoms with Gasteiger partial charge in [0, 0.05) is 0 Å². The van der Waals surface area contributed by atoms with Crippen LogP contribution in [0.1, 0.15) is 11.1 Å². The topological polar surface area (TPSA) is 38.3 Å². The summed E-state index contributed by atoms with van der Waals surface area (Å²) in [5.41, 5.74) is 2.77. The zero-order valence-electron chi connectivity index (χ0n) is 8.35. The smallest absolute Gasteiger partial charge is 0.318 e. The van der Waals surface area contributed by atoms with Gasteiger partial charge in [0.2, 0.25) is 0 Å². The third-order valence-corrected chi connectivity index (χ3v) is 2.14. The number of hydrogen-bond donors (Lipinski definition) is 1. The fraction of sp³-hybridized carbons (Fsp3) is 0.300. The van der Waals surface area contributed by atoms with Crippen LogP contribution in [-0.4, -0.2) is 12.5 Å². The van der Waals surface area contributed by atoms with Gasteiger partial charge < -0.3 is 10.1 Å². The average molecular weight is 214 g/mol. The Morgan fingerprint density at radius 2 is 1.93 bits per heavy atom. The minimum Gasteiger partial charge on any atom is -0.495 e. The first-order valence-corrected chi connectivity index (χ1v) is 4.54. The second-order valence-electron chi connectivity index (χ2n) is 3.04. The van der Waals surface area contributed by atoms with Gasteiger partial charge in [-0.1, -0.05) is 0 Å². The van der Waals surface area contributed by atoms with Crippen LogP contribution in [0, 0.1) is 13.8 Å². The number of hydrogen-bond acceptors (Lipinski definition) is 2. The molecule has 1 rings (SSSR count). The van der Waals surface area contributed by atoms with Crippen LogP contribution in [0.3, 0.4) is 0 Å². The van der Waals surface area contributed by atoms with Crippen LogP contribution in [-0.2, 0) is 0 Å². The first-order valence-electron chi connectivity index (χ1n) is 4.16. The van der Waals surface area contributed by atoms with Gasteiger partial charge in [0.15, 0.2) is 0 Å². The Morgan fingerprint density at radius 1 is 1.36 bits per heavy atom. The number of methoxy groups -OCH3 is 1. The van der Waals surface area contributed by atoms with Crippen molar-refractivity contribution in [3.63, 3.8) is 0 Å². The molecule has 0 saturated heterocycles. The minimum absolute atomic E-state index is 0.593. The largest absolute Gasteiger partial charge is 0.495 e. The monoisotopic (exact) mass is 213 g/mol. The summed E-state index contributed by atoms with van der Waals surface area (Å²) < 4.78 is 5.11. The summed E-state index contributed by atoms with van der Waals surface area (Å²) in [6.45, 7) is 3.93. The fourth-order valence-corrected chi connectivity index (χ4v) is 1.26. The normalized spacial score (nSPS) is 9.71. The number of halogens is 1. The molecule has 3 nitrogen and oxygen atoms in total. The van der Waals surface area contributed by atoms with Crippen LogP contribution in [0.2, 0.25) is 0 Å². The van der Waals surface area contributed by atoms with Gasteiger partial charge in [-0.05, 0) is 48.7 Å². The number of rotatable bonds is 2. The summed E-state index contributed by atoms with van der Waals surface area (Å²) in [6.07, 6.45) is 0. The third kappa shape index (κ3) is 2.39. The molecule has 4 heteroatoms. The summed E-state index contributed by atoms with van der Waals surface area (Å²) >= 11 is 5.23. The lowest BCUT2D eigenvalue weighted by Crippen LogP contribution is -2.03. The van der Waals surface area contributed by atoms with E-state index in [1.165, 1.54) is 0 Å². The van der Waals surface area contributed by atoms with E-state index in [4.69, 9.17) is 16.3 Å². The van der Waals surface area contributed by atoms with Crippen LogP contribution in [0.15, 0.2) is 12.1 Å². The predicted octanol–water partition coefficient (Wildman–Crippen LogP) is 3.08. The van der Waals surface area contributed by atoms with E-state index in [0.29, 0.717) is 11.4 Å². The van der Waals surface area contributed by atoms with E-state index in [0.717, 1.165) is 11.1 Å². The predicted molar refractivity (Wildman–Crippen MR) is 57.3 cm³/mol. The molecule has 1 N–H and O–H groups in total. The highest BCUT2D eigenvalue weighted by Gasteiger charge is 2.07. The molecule has 0 radical (unpaired) electrons. The van der Waals surface area contributed by atoms with Crippen molar-refractivity contribution in [3.8, 4) is 5.75 Å². The van der Waals surface area contributed by atoms with E-state index >= 15 is 0 Å². The lowest BCUT2D eigenvalue weighted by Gasteiger charge is -2.10. The Hall–Kier alpha value is -1.22. The highest BCUT2D eigenvalue weighted by atomic mass is 35.5. The highest BCUT2D eigenvalue weighted by molar-refractivity contribution is 6.65. The zero-order chi connectivity index (χ0) is 10.7. The molecule has 0 aliphatic heterocycles. The van der Waals surface area contributed by atoms with Gasteiger partial charge in [-0.2, -0.15) is 0 Å². The number of benzene rings is 1. The van der Waals surface area contributed by atoms with Gasteiger partial charge in [0.1, 0.15) is 5.75 Å². The maximum atomic E-state index is 10.7. The number of nitrogens with one attached hydrogen (secondary N) is 1. The van der Waals surface area contributed by atoms with Gasteiger partial charge in [-0.25, -0.2) is 0 Å². The molecular weight excluding hydrogens is 202 g/mol. The van der Waals surface area contributed by atoms with Crippen molar-refractivity contribution in [2.75, 3.05) is 12.4 Å². The summed E-state index contributed by atoms with van der Waals surface area (Å²) in [5, 5.41) is 1.87.